The monoisotopic (exact) mass is 724 g/mol. The number of unbranched alkanes of at least 4 members (excludes halogenated alkanes) is 14. The summed E-state index contributed by atoms with van der Waals surface area (Å²) in [6.07, 6.45) is 17.8. The van der Waals surface area contributed by atoms with E-state index in [1.54, 1.807) is 0 Å². The second-order valence-electron chi connectivity index (χ2n) is 13.2. The van der Waals surface area contributed by atoms with Crippen molar-refractivity contribution in [3.8, 4) is 0 Å². The lowest BCUT2D eigenvalue weighted by atomic mass is 10.0. The van der Waals surface area contributed by atoms with Crippen molar-refractivity contribution in [3.63, 3.8) is 0 Å². The number of rotatable bonds is 35. The molecule has 0 saturated carbocycles. The summed E-state index contributed by atoms with van der Waals surface area (Å²) < 4.78 is 0. The molecule has 3 atom stereocenters. The smallest absolute Gasteiger partial charge is 0.326 e. The number of hydrogen-bond donors (Lipinski definition) is 6. The first-order chi connectivity index (χ1) is 24.5. The molecule has 14 nitrogen and oxygen atoms in total. The van der Waals surface area contributed by atoms with E-state index in [-0.39, 0.29) is 63.2 Å². The maximum atomic E-state index is 12.4. The van der Waals surface area contributed by atoms with Gasteiger partial charge in [-0.2, -0.15) is 0 Å². The SMILES string of the molecule is CCCCNC(=O)CC[C@@H](C=O)NC(=O)CCC(NC(=O)CC[C@@H](C=O)NC(=O)CCCCCCCCCCCCCCCCC(=O)O)C(=O)O. The van der Waals surface area contributed by atoms with Gasteiger partial charge in [0, 0.05) is 38.6 Å². The van der Waals surface area contributed by atoms with Gasteiger partial charge >= 0.3 is 11.9 Å². The summed E-state index contributed by atoms with van der Waals surface area (Å²) in [5.74, 6) is -3.82. The van der Waals surface area contributed by atoms with E-state index < -0.39 is 41.9 Å². The lowest BCUT2D eigenvalue weighted by Gasteiger charge is -2.17. The molecule has 6 N–H and O–H groups in total. The normalized spacial score (nSPS) is 12.6. The Hall–Kier alpha value is -3.84. The quantitative estimate of drug-likeness (QED) is 0.0396. The molecule has 14 heteroatoms. The predicted molar refractivity (Wildman–Crippen MR) is 193 cm³/mol. The third-order valence-electron chi connectivity index (χ3n) is 8.58. The van der Waals surface area contributed by atoms with E-state index in [0.717, 1.165) is 57.8 Å². The fourth-order valence-electron chi connectivity index (χ4n) is 5.45. The van der Waals surface area contributed by atoms with Crippen LogP contribution in [-0.2, 0) is 38.4 Å². The van der Waals surface area contributed by atoms with Crippen LogP contribution in [0.4, 0.5) is 0 Å². The van der Waals surface area contributed by atoms with Crippen LogP contribution in [0.3, 0.4) is 0 Å². The van der Waals surface area contributed by atoms with Crippen molar-refractivity contribution in [2.75, 3.05) is 6.54 Å². The maximum Gasteiger partial charge on any atom is 0.326 e. The van der Waals surface area contributed by atoms with E-state index >= 15 is 0 Å². The number of nitrogens with one attached hydrogen (secondary N) is 4. The van der Waals surface area contributed by atoms with Gasteiger partial charge in [0.1, 0.15) is 18.6 Å². The fraction of sp³-hybridized carbons (Fsp3) is 0.784. The highest BCUT2D eigenvalue weighted by Gasteiger charge is 2.23. The van der Waals surface area contributed by atoms with Crippen molar-refractivity contribution >= 4 is 48.1 Å². The Bertz CT molecular complexity index is 1040. The summed E-state index contributed by atoms with van der Waals surface area (Å²) >= 11 is 0. The van der Waals surface area contributed by atoms with Crippen molar-refractivity contribution in [1.82, 2.24) is 21.3 Å². The number of aliphatic carboxylic acids is 2. The predicted octanol–water partition coefficient (Wildman–Crippen LogP) is 4.51. The van der Waals surface area contributed by atoms with Gasteiger partial charge in [0.2, 0.25) is 23.6 Å². The minimum Gasteiger partial charge on any atom is -0.481 e. The Kier molecular flexibility index (Phi) is 29.7. The Morgan fingerprint density at radius 2 is 0.882 bits per heavy atom. The van der Waals surface area contributed by atoms with Crippen LogP contribution in [0, 0.1) is 0 Å². The Morgan fingerprint density at radius 1 is 0.490 bits per heavy atom. The molecule has 0 heterocycles. The van der Waals surface area contributed by atoms with E-state index in [4.69, 9.17) is 5.11 Å². The molecule has 0 spiro atoms. The summed E-state index contributed by atoms with van der Waals surface area (Å²) in [5.41, 5.74) is 0. The summed E-state index contributed by atoms with van der Waals surface area (Å²) in [6, 6.07) is -3.16. The number of aldehydes is 2. The van der Waals surface area contributed by atoms with E-state index in [0.29, 0.717) is 25.5 Å². The van der Waals surface area contributed by atoms with Crippen LogP contribution >= 0.6 is 0 Å². The van der Waals surface area contributed by atoms with Gasteiger partial charge in [-0.25, -0.2) is 4.79 Å². The Labute approximate surface area is 303 Å². The van der Waals surface area contributed by atoms with Crippen LogP contribution < -0.4 is 21.3 Å². The van der Waals surface area contributed by atoms with Crippen molar-refractivity contribution in [3.05, 3.63) is 0 Å². The minimum atomic E-state index is -1.37. The molecule has 292 valence electrons. The van der Waals surface area contributed by atoms with Crippen molar-refractivity contribution in [2.24, 2.45) is 0 Å². The maximum absolute atomic E-state index is 12.4. The molecular weight excluding hydrogens is 660 g/mol. The second kappa shape index (κ2) is 32.1. The van der Waals surface area contributed by atoms with Crippen molar-refractivity contribution in [2.45, 2.75) is 179 Å². The summed E-state index contributed by atoms with van der Waals surface area (Å²) in [6.45, 7) is 2.53. The van der Waals surface area contributed by atoms with Gasteiger partial charge in [-0.3, -0.25) is 24.0 Å². The van der Waals surface area contributed by atoms with E-state index in [1.807, 2.05) is 6.92 Å². The molecule has 0 aliphatic carbocycles. The van der Waals surface area contributed by atoms with Crippen LogP contribution in [0.25, 0.3) is 0 Å². The third-order valence-corrected chi connectivity index (χ3v) is 8.58. The van der Waals surface area contributed by atoms with Gasteiger partial charge in [0.05, 0.1) is 12.1 Å². The summed E-state index contributed by atoms with van der Waals surface area (Å²) in [7, 11) is 0. The van der Waals surface area contributed by atoms with Crippen molar-refractivity contribution < 1.29 is 48.6 Å². The zero-order valence-corrected chi connectivity index (χ0v) is 30.7. The summed E-state index contributed by atoms with van der Waals surface area (Å²) in [5, 5.41) is 28.3. The summed E-state index contributed by atoms with van der Waals surface area (Å²) in [4.78, 5) is 93.9. The Balaban J connectivity index is 4.11. The highest BCUT2D eigenvalue weighted by atomic mass is 16.4. The molecule has 51 heavy (non-hydrogen) atoms. The van der Waals surface area contributed by atoms with Gasteiger partial charge in [-0.1, -0.05) is 90.4 Å². The molecule has 0 rings (SSSR count). The number of amides is 4. The first kappa shape index (κ1) is 47.2. The molecule has 0 fully saturated rings. The highest BCUT2D eigenvalue weighted by Crippen LogP contribution is 2.14. The minimum absolute atomic E-state index is 0.00622. The molecule has 0 aromatic heterocycles. The first-order valence-electron chi connectivity index (χ1n) is 19.0. The molecule has 0 saturated heterocycles. The van der Waals surface area contributed by atoms with Gasteiger partial charge in [0.15, 0.2) is 0 Å². The molecule has 0 aromatic rings. The van der Waals surface area contributed by atoms with Crippen LogP contribution in [0.5, 0.6) is 0 Å². The topological polar surface area (TPSA) is 225 Å². The molecule has 1 unspecified atom stereocenters. The number of carbonyl (C=O) groups is 8. The molecule has 0 aliphatic rings. The number of carboxylic acids is 2. The second-order valence-corrected chi connectivity index (χ2v) is 13.2. The van der Waals surface area contributed by atoms with Crippen LogP contribution in [0.1, 0.15) is 161 Å². The molecule has 0 bridgehead atoms. The largest absolute Gasteiger partial charge is 0.481 e. The van der Waals surface area contributed by atoms with Gasteiger partial charge < -0.3 is 41.1 Å². The standard InChI is InChI=1S/C37H64N4O10/c1-2-3-26-38-32(44)23-20-29(27-42)40-34(46)25-22-31(37(50)51)41-35(47)24-21-30(28-43)39-33(45)18-16-14-12-10-8-6-4-5-7-9-11-13-15-17-19-36(48)49/h27-31H,2-26H2,1H3,(H,38,44)(H,39,45)(H,40,46)(H,41,47)(H,48,49)(H,50,51)/t29-,30-,31?/m0/s1. The fourth-order valence-corrected chi connectivity index (χ4v) is 5.45. The van der Waals surface area contributed by atoms with Gasteiger partial charge in [0.25, 0.3) is 0 Å². The molecular formula is C37H64N4O10. The van der Waals surface area contributed by atoms with Crippen molar-refractivity contribution in [1.29, 1.82) is 0 Å². The van der Waals surface area contributed by atoms with E-state index in [2.05, 4.69) is 21.3 Å². The lowest BCUT2D eigenvalue weighted by Crippen LogP contribution is -2.43. The molecule has 0 aliphatic heterocycles. The third kappa shape index (κ3) is 29.6. The number of carboxylic acid groups (broad SMARTS) is 2. The average Bonchev–Trinajstić information content (AvgIpc) is 3.09. The first-order valence-corrected chi connectivity index (χ1v) is 19.0. The van der Waals surface area contributed by atoms with E-state index in [1.165, 1.54) is 38.5 Å². The zero-order valence-electron chi connectivity index (χ0n) is 30.7. The average molecular weight is 725 g/mol. The molecule has 0 aromatic carbocycles. The van der Waals surface area contributed by atoms with Gasteiger partial charge in [-0.05, 0) is 38.5 Å². The number of hydrogen-bond acceptors (Lipinski definition) is 8. The highest BCUT2D eigenvalue weighted by molar-refractivity contribution is 5.85. The van der Waals surface area contributed by atoms with Crippen LogP contribution in [0.15, 0.2) is 0 Å². The molecule has 4 amide bonds. The zero-order chi connectivity index (χ0) is 38.1. The molecule has 0 radical (unpaired) electrons. The number of carbonyl (C=O) groups excluding carboxylic acids is 6. The van der Waals surface area contributed by atoms with E-state index in [9.17, 15) is 43.5 Å². The van der Waals surface area contributed by atoms with Crippen LogP contribution in [-0.4, -0.2) is 83.0 Å². The Morgan fingerprint density at radius 3 is 1.31 bits per heavy atom. The lowest BCUT2D eigenvalue weighted by molar-refractivity contribution is -0.142. The van der Waals surface area contributed by atoms with Gasteiger partial charge in [-0.15, -0.1) is 0 Å². The van der Waals surface area contributed by atoms with Crippen LogP contribution in [0.2, 0.25) is 0 Å².